The second-order valence-corrected chi connectivity index (χ2v) is 4.88. The average molecular weight is 311 g/mol. The molecule has 0 atom stereocenters. The van der Waals surface area contributed by atoms with Crippen molar-refractivity contribution in [1.29, 1.82) is 0 Å². The van der Waals surface area contributed by atoms with E-state index in [2.05, 4.69) is 20.7 Å². The molecule has 116 valence electrons. The van der Waals surface area contributed by atoms with Crippen LogP contribution in [0.4, 0.5) is 20.6 Å². The second kappa shape index (κ2) is 6.69. The Bertz CT molecular complexity index is 804. The number of aromatic nitrogens is 3. The summed E-state index contributed by atoms with van der Waals surface area (Å²) in [4.78, 5) is 15.8. The Morgan fingerprint density at radius 1 is 1.09 bits per heavy atom. The molecule has 2 aromatic carbocycles. The Morgan fingerprint density at radius 3 is 2.52 bits per heavy atom. The van der Waals surface area contributed by atoms with Crippen molar-refractivity contribution in [3.8, 4) is 0 Å². The van der Waals surface area contributed by atoms with Crippen LogP contribution in [0.3, 0.4) is 0 Å². The van der Waals surface area contributed by atoms with Gasteiger partial charge in [-0.1, -0.05) is 18.2 Å². The third kappa shape index (κ3) is 4.13. The fourth-order valence-corrected chi connectivity index (χ4v) is 2.11. The molecule has 1 heterocycles. The van der Waals surface area contributed by atoms with E-state index >= 15 is 0 Å². The van der Waals surface area contributed by atoms with Crippen LogP contribution in [-0.2, 0) is 6.54 Å². The number of nitrogens with zero attached hydrogens (tertiary/aromatic N) is 3. The van der Waals surface area contributed by atoms with E-state index in [0.717, 1.165) is 5.56 Å². The molecule has 0 fully saturated rings. The van der Waals surface area contributed by atoms with Crippen molar-refractivity contribution in [3.63, 3.8) is 0 Å². The molecule has 2 amide bonds. The highest BCUT2D eigenvalue weighted by Crippen LogP contribution is 2.13. The molecule has 7 heteroatoms. The lowest BCUT2D eigenvalue weighted by atomic mass is 10.2. The van der Waals surface area contributed by atoms with E-state index in [9.17, 15) is 9.18 Å². The van der Waals surface area contributed by atoms with Crippen molar-refractivity contribution in [2.45, 2.75) is 6.54 Å². The van der Waals surface area contributed by atoms with E-state index in [-0.39, 0.29) is 0 Å². The monoisotopic (exact) mass is 311 g/mol. The molecule has 1 aromatic heterocycles. The second-order valence-electron chi connectivity index (χ2n) is 4.88. The SMILES string of the molecule is O=C(Nc1cccc(F)c1)Nc1cccc(Cn2cncn2)c1. The number of urea groups is 1. The highest BCUT2D eigenvalue weighted by atomic mass is 19.1. The Labute approximate surface area is 132 Å². The van der Waals surface area contributed by atoms with E-state index in [0.29, 0.717) is 17.9 Å². The van der Waals surface area contributed by atoms with Crippen molar-refractivity contribution in [3.05, 3.63) is 72.6 Å². The number of anilines is 2. The van der Waals surface area contributed by atoms with E-state index in [4.69, 9.17) is 0 Å². The first-order chi connectivity index (χ1) is 11.2. The molecule has 0 bridgehead atoms. The summed E-state index contributed by atoms with van der Waals surface area (Å²) in [7, 11) is 0. The minimum atomic E-state index is -0.437. The lowest BCUT2D eigenvalue weighted by Gasteiger charge is -2.09. The number of nitrogens with one attached hydrogen (secondary N) is 2. The van der Waals surface area contributed by atoms with Gasteiger partial charge in [0.25, 0.3) is 0 Å². The summed E-state index contributed by atoms with van der Waals surface area (Å²) in [5.74, 6) is -0.405. The van der Waals surface area contributed by atoms with Gasteiger partial charge in [-0.05, 0) is 35.9 Å². The maximum absolute atomic E-state index is 13.1. The molecule has 23 heavy (non-hydrogen) atoms. The number of halogens is 1. The summed E-state index contributed by atoms with van der Waals surface area (Å²) in [6, 6.07) is 12.7. The average Bonchev–Trinajstić information content (AvgIpc) is 3.00. The van der Waals surface area contributed by atoms with Gasteiger partial charge in [-0.3, -0.25) is 0 Å². The Hall–Kier alpha value is -3.22. The van der Waals surface area contributed by atoms with Gasteiger partial charge in [-0.2, -0.15) is 5.10 Å². The molecule has 0 saturated carbocycles. The number of hydrogen-bond acceptors (Lipinski definition) is 3. The first-order valence-corrected chi connectivity index (χ1v) is 6.94. The minimum Gasteiger partial charge on any atom is -0.308 e. The van der Waals surface area contributed by atoms with Crippen LogP contribution in [0.5, 0.6) is 0 Å². The standard InChI is InChI=1S/C16H14FN5O/c17-13-4-2-6-15(8-13)21-16(23)20-14-5-1-3-12(7-14)9-22-11-18-10-19-22/h1-8,10-11H,9H2,(H2,20,21,23). The smallest absolute Gasteiger partial charge is 0.308 e. The normalized spacial score (nSPS) is 10.3. The zero-order valence-electron chi connectivity index (χ0n) is 12.1. The summed E-state index contributed by atoms with van der Waals surface area (Å²) < 4.78 is 14.8. The zero-order valence-corrected chi connectivity index (χ0v) is 12.1. The van der Waals surface area contributed by atoms with Gasteiger partial charge in [0.1, 0.15) is 18.5 Å². The summed E-state index contributed by atoms with van der Waals surface area (Å²) in [5.41, 5.74) is 2.00. The number of carbonyl (C=O) groups is 1. The van der Waals surface area contributed by atoms with Crippen LogP contribution in [0.15, 0.2) is 61.2 Å². The van der Waals surface area contributed by atoms with Crippen LogP contribution < -0.4 is 10.6 Å². The molecule has 2 N–H and O–H groups in total. The quantitative estimate of drug-likeness (QED) is 0.777. The van der Waals surface area contributed by atoms with Crippen LogP contribution >= 0.6 is 0 Å². The molecule has 0 unspecified atom stereocenters. The third-order valence-corrected chi connectivity index (χ3v) is 3.08. The molecular formula is C16H14FN5O. The molecule has 0 spiro atoms. The van der Waals surface area contributed by atoms with Crippen LogP contribution in [0.25, 0.3) is 0 Å². The van der Waals surface area contributed by atoms with Gasteiger partial charge in [0, 0.05) is 11.4 Å². The van der Waals surface area contributed by atoms with Crippen LogP contribution in [0.1, 0.15) is 5.56 Å². The maximum atomic E-state index is 13.1. The molecule has 0 aliphatic carbocycles. The van der Waals surface area contributed by atoms with Crippen molar-refractivity contribution in [1.82, 2.24) is 14.8 Å². The molecule has 3 aromatic rings. The number of carbonyl (C=O) groups excluding carboxylic acids is 1. The van der Waals surface area contributed by atoms with Gasteiger partial charge in [-0.15, -0.1) is 0 Å². The van der Waals surface area contributed by atoms with Crippen LogP contribution in [-0.4, -0.2) is 20.8 Å². The number of benzene rings is 2. The molecular weight excluding hydrogens is 297 g/mol. The van der Waals surface area contributed by atoms with E-state index < -0.39 is 11.8 Å². The maximum Gasteiger partial charge on any atom is 0.323 e. The Balaban J connectivity index is 1.64. The highest BCUT2D eigenvalue weighted by molar-refractivity contribution is 5.99. The Kier molecular flexibility index (Phi) is 4.28. The number of hydrogen-bond donors (Lipinski definition) is 2. The first-order valence-electron chi connectivity index (χ1n) is 6.94. The highest BCUT2D eigenvalue weighted by Gasteiger charge is 2.04. The number of amides is 2. The molecule has 3 rings (SSSR count). The van der Waals surface area contributed by atoms with Crippen molar-refractivity contribution in [2.75, 3.05) is 10.6 Å². The topological polar surface area (TPSA) is 71.8 Å². The summed E-state index contributed by atoms with van der Waals surface area (Å²) in [5, 5.41) is 9.33. The van der Waals surface area contributed by atoms with Crippen LogP contribution in [0, 0.1) is 5.82 Å². The summed E-state index contributed by atoms with van der Waals surface area (Å²) in [6.45, 7) is 0.557. The van der Waals surface area contributed by atoms with Crippen molar-refractivity contribution in [2.24, 2.45) is 0 Å². The van der Waals surface area contributed by atoms with Gasteiger partial charge in [0.2, 0.25) is 0 Å². The Morgan fingerprint density at radius 2 is 1.83 bits per heavy atom. The van der Waals surface area contributed by atoms with Crippen LogP contribution in [0.2, 0.25) is 0 Å². The molecule has 0 saturated heterocycles. The van der Waals surface area contributed by atoms with Gasteiger partial charge < -0.3 is 10.6 Å². The predicted octanol–water partition coefficient (Wildman–Crippen LogP) is 3.11. The van der Waals surface area contributed by atoms with Gasteiger partial charge in [0.15, 0.2) is 0 Å². The van der Waals surface area contributed by atoms with Gasteiger partial charge in [-0.25, -0.2) is 18.9 Å². The summed E-state index contributed by atoms with van der Waals surface area (Å²) in [6.07, 6.45) is 3.09. The van der Waals surface area contributed by atoms with Gasteiger partial charge in [0.05, 0.1) is 6.54 Å². The molecule has 0 radical (unpaired) electrons. The van der Waals surface area contributed by atoms with E-state index in [1.54, 1.807) is 23.1 Å². The van der Waals surface area contributed by atoms with Crippen molar-refractivity contribution < 1.29 is 9.18 Å². The fraction of sp³-hybridized carbons (Fsp3) is 0.0625. The fourth-order valence-electron chi connectivity index (χ4n) is 2.11. The van der Waals surface area contributed by atoms with Crippen molar-refractivity contribution >= 4 is 17.4 Å². The van der Waals surface area contributed by atoms with Gasteiger partial charge >= 0.3 is 6.03 Å². The lowest BCUT2D eigenvalue weighted by molar-refractivity contribution is 0.262. The lowest BCUT2D eigenvalue weighted by Crippen LogP contribution is -2.19. The number of rotatable bonds is 4. The zero-order chi connectivity index (χ0) is 16.1. The molecule has 0 aliphatic rings. The first kappa shape index (κ1) is 14.7. The van der Waals surface area contributed by atoms with E-state index in [1.807, 2.05) is 18.2 Å². The molecule has 6 nitrogen and oxygen atoms in total. The van der Waals surface area contributed by atoms with E-state index in [1.165, 1.54) is 24.5 Å². The predicted molar refractivity (Wildman–Crippen MR) is 84.6 cm³/mol. The largest absolute Gasteiger partial charge is 0.323 e. The molecule has 0 aliphatic heterocycles. The summed E-state index contributed by atoms with van der Waals surface area (Å²) >= 11 is 0. The minimum absolute atomic E-state index is 0.390. The third-order valence-electron chi connectivity index (χ3n) is 3.08.